The highest BCUT2D eigenvalue weighted by atomic mass is 32.2. The van der Waals surface area contributed by atoms with Crippen LogP contribution in [-0.4, -0.2) is 18.6 Å². The van der Waals surface area contributed by atoms with Crippen LogP contribution < -0.4 is 4.72 Å². The van der Waals surface area contributed by atoms with Crippen LogP contribution in [-0.2, 0) is 10.0 Å². The molecule has 0 aliphatic carbocycles. The van der Waals surface area contributed by atoms with Gasteiger partial charge >= 0.3 is 0 Å². The van der Waals surface area contributed by atoms with Gasteiger partial charge in [-0.05, 0) is 43.7 Å². The van der Waals surface area contributed by atoms with E-state index in [-0.39, 0.29) is 4.21 Å². The average molecular weight is 333 g/mol. The number of H-pyrrole nitrogens is 1. The zero-order chi connectivity index (χ0) is 15.7. The first kappa shape index (κ1) is 14.8. The van der Waals surface area contributed by atoms with Crippen molar-refractivity contribution in [1.29, 1.82) is 0 Å². The predicted octanol–water partition coefficient (Wildman–Crippen LogP) is 3.56. The number of thiophene rings is 1. The first-order valence-electron chi connectivity index (χ1n) is 6.66. The molecule has 2 heterocycles. The standard InChI is InChI=1S/C15H15N3O2S2/c1-10-5-3-4-6-12(10)18-22(19,20)15-8-7-14(21-15)13-9-11(2)16-17-13/h3-9,18H,1-2H3,(H,16,17). The molecule has 1 aromatic carbocycles. The van der Waals surface area contributed by atoms with Gasteiger partial charge in [0.15, 0.2) is 0 Å². The molecule has 5 nitrogen and oxygen atoms in total. The Labute approximate surface area is 133 Å². The van der Waals surface area contributed by atoms with Crippen LogP contribution in [0.3, 0.4) is 0 Å². The van der Waals surface area contributed by atoms with E-state index in [1.807, 2.05) is 32.0 Å². The van der Waals surface area contributed by atoms with Gasteiger partial charge in [-0.2, -0.15) is 5.10 Å². The minimum atomic E-state index is -3.59. The Hall–Kier alpha value is -2.12. The Bertz CT molecular complexity index is 910. The molecule has 2 aromatic heterocycles. The lowest BCUT2D eigenvalue weighted by atomic mass is 10.2. The quantitative estimate of drug-likeness (QED) is 0.766. The van der Waals surface area contributed by atoms with Crippen LogP contribution in [0.2, 0.25) is 0 Å². The van der Waals surface area contributed by atoms with Crippen LogP contribution in [0.4, 0.5) is 5.69 Å². The van der Waals surface area contributed by atoms with E-state index < -0.39 is 10.0 Å². The number of rotatable bonds is 4. The summed E-state index contributed by atoms with van der Waals surface area (Å²) in [4.78, 5) is 0.814. The van der Waals surface area contributed by atoms with Crippen molar-refractivity contribution < 1.29 is 8.42 Å². The van der Waals surface area contributed by atoms with Gasteiger partial charge in [-0.15, -0.1) is 11.3 Å². The molecule has 3 rings (SSSR count). The Morgan fingerprint density at radius 2 is 1.91 bits per heavy atom. The fourth-order valence-corrected chi connectivity index (χ4v) is 4.43. The first-order valence-corrected chi connectivity index (χ1v) is 8.96. The molecule has 0 spiro atoms. The third-order valence-corrected chi connectivity index (χ3v) is 6.16. The summed E-state index contributed by atoms with van der Waals surface area (Å²) < 4.78 is 27.8. The minimum Gasteiger partial charge on any atom is -0.282 e. The van der Waals surface area contributed by atoms with Crippen molar-refractivity contribution >= 4 is 27.0 Å². The number of benzene rings is 1. The van der Waals surface area contributed by atoms with Gasteiger partial charge in [-0.25, -0.2) is 8.42 Å². The summed E-state index contributed by atoms with van der Waals surface area (Å²) in [6.07, 6.45) is 0. The molecule has 0 aliphatic rings. The normalized spacial score (nSPS) is 11.5. The minimum absolute atomic E-state index is 0.270. The van der Waals surface area contributed by atoms with Crippen molar-refractivity contribution in [2.24, 2.45) is 0 Å². The van der Waals surface area contributed by atoms with E-state index in [0.717, 1.165) is 21.8 Å². The molecule has 0 amide bonds. The number of para-hydroxylation sites is 1. The Balaban J connectivity index is 1.90. The predicted molar refractivity (Wildman–Crippen MR) is 88.6 cm³/mol. The highest BCUT2D eigenvalue weighted by Crippen LogP contribution is 2.31. The molecular weight excluding hydrogens is 318 g/mol. The number of nitrogens with one attached hydrogen (secondary N) is 2. The molecule has 7 heteroatoms. The van der Waals surface area contributed by atoms with E-state index in [4.69, 9.17) is 0 Å². The number of aromatic amines is 1. The molecule has 0 bridgehead atoms. The number of nitrogens with zero attached hydrogens (tertiary/aromatic N) is 1. The average Bonchev–Trinajstić information content (AvgIpc) is 3.10. The van der Waals surface area contributed by atoms with E-state index in [2.05, 4.69) is 14.9 Å². The molecule has 0 atom stereocenters. The van der Waals surface area contributed by atoms with Gasteiger partial charge in [0.25, 0.3) is 10.0 Å². The van der Waals surface area contributed by atoms with Gasteiger partial charge in [-0.1, -0.05) is 18.2 Å². The topological polar surface area (TPSA) is 74.8 Å². The summed E-state index contributed by atoms with van der Waals surface area (Å²) in [5.41, 5.74) is 3.16. The van der Waals surface area contributed by atoms with Crippen LogP contribution in [0.15, 0.2) is 46.7 Å². The third-order valence-electron chi connectivity index (χ3n) is 3.19. The van der Waals surface area contributed by atoms with Crippen LogP contribution in [0.25, 0.3) is 10.6 Å². The number of hydrogen-bond acceptors (Lipinski definition) is 4. The fraction of sp³-hybridized carbons (Fsp3) is 0.133. The second-order valence-corrected chi connectivity index (χ2v) is 7.97. The molecule has 0 saturated carbocycles. The second kappa shape index (κ2) is 5.58. The maximum atomic E-state index is 12.5. The smallest absolute Gasteiger partial charge is 0.271 e. The van der Waals surface area contributed by atoms with E-state index in [0.29, 0.717) is 5.69 Å². The summed E-state index contributed by atoms with van der Waals surface area (Å²) in [6.45, 7) is 3.77. The summed E-state index contributed by atoms with van der Waals surface area (Å²) in [6, 6.07) is 12.5. The van der Waals surface area contributed by atoms with Gasteiger partial charge < -0.3 is 0 Å². The molecule has 0 radical (unpaired) electrons. The monoisotopic (exact) mass is 333 g/mol. The van der Waals surface area contributed by atoms with Crippen LogP contribution in [0.5, 0.6) is 0 Å². The van der Waals surface area contributed by atoms with Crippen LogP contribution in [0, 0.1) is 13.8 Å². The van der Waals surface area contributed by atoms with E-state index in [1.54, 1.807) is 24.3 Å². The van der Waals surface area contributed by atoms with Gasteiger partial charge in [0, 0.05) is 5.69 Å². The molecule has 3 aromatic rings. The van der Waals surface area contributed by atoms with E-state index in [9.17, 15) is 8.42 Å². The van der Waals surface area contributed by atoms with Crippen molar-refractivity contribution in [3.63, 3.8) is 0 Å². The van der Waals surface area contributed by atoms with Crippen molar-refractivity contribution in [2.75, 3.05) is 4.72 Å². The Morgan fingerprint density at radius 3 is 2.59 bits per heavy atom. The number of anilines is 1. The zero-order valence-electron chi connectivity index (χ0n) is 12.1. The maximum Gasteiger partial charge on any atom is 0.271 e. The largest absolute Gasteiger partial charge is 0.282 e. The number of hydrogen-bond donors (Lipinski definition) is 2. The molecule has 0 saturated heterocycles. The summed E-state index contributed by atoms with van der Waals surface area (Å²) in [7, 11) is -3.59. The van der Waals surface area contributed by atoms with Crippen molar-refractivity contribution in [1.82, 2.24) is 10.2 Å². The maximum absolute atomic E-state index is 12.5. The summed E-state index contributed by atoms with van der Waals surface area (Å²) in [5.74, 6) is 0. The summed E-state index contributed by atoms with van der Waals surface area (Å²) >= 11 is 1.20. The second-order valence-electron chi connectivity index (χ2n) is 4.98. The number of aryl methyl sites for hydroxylation is 2. The van der Waals surface area contributed by atoms with Gasteiger partial charge in [0.05, 0.1) is 10.6 Å². The van der Waals surface area contributed by atoms with Gasteiger partial charge in [0.1, 0.15) is 9.90 Å². The molecular formula is C15H15N3O2S2. The molecule has 0 aliphatic heterocycles. The fourth-order valence-electron chi connectivity index (χ4n) is 2.03. The van der Waals surface area contributed by atoms with E-state index >= 15 is 0 Å². The van der Waals surface area contributed by atoms with Crippen molar-refractivity contribution in [2.45, 2.75) is 18.1 Å². The van der Waals surface area contributed by atoms with Gasteiger partial charge in [0.2, 0.25) is 0 Å². The number of aromatic nitrogens is 2. The molecule has 0 fully saturated rings. The highest BCUT2D eigenvalue weighted by Gasteiger charge is 2.18. The first-order chi connectivity index (χ1) is 10.5. The SMILES string of the molecule is Cc1cc(-c2ccc(S(=O)(=O)Nc3ccccc3C)s2)n[nH]1. The molecule has 22 heavy (non-hydrogen) atoms. The van der Waals surface area contributed by atoms with Crippen LogP contribution >= 0.6 is 11.3 Å². The highest BCUT2D eigenvalue weighted by molar-refractivity contribution is 7.94. The van der Waals surface area contributed by atoms with Crippen molar-refractivity contribution in [3.05, 3.63) is 53.7 Å². The lowest BCUT2D eigenvalue weighted by Crippen LogP contribution is -2.12. The Morgan fingerprint density at radius 1 is 1.14 bits per heavy atom. The zero-order valence-corrected chi connectivity index (χ0v) is 13.8. The number of sulfonamides is 1. The summed E-state index contributed by atoms with van der Waals surface area (Å²) in [5, 5.41) is 7.00. The van der Waals surface area contributed by atoms with Gasteiger partial charge in [-0.3, -0.25) is 9.82 Å². The lowest BCUT2D eigenvalue weighted by molar-refractivity contribution is 0.603. The molecule has 2 N–H and O–H groups in total. The van der Waals surface area contributed by atoms with Crippen LogP contribution in [0.1, 0.15) is 11.3 Å². The Kier molecular flexibility index (Phi) is 3.76. The van der Waals surface area contributed by atoms with Crippen molar-refractivity contribution in [3.8, 4) is 10.6 Å². The molecule has 0 unspecified atom stereocenters. The third kappa shape index (κ3) is 2.90. The molecule has 114 valence electrons. The van der Waals surface area contributed by atoms with E-state index in [1.165, 1.54) is 11.3 Å². The lowest BCUT2D eigenvalue weighted by Gasteiger charge is -2.08.